The molecular formula is C40H63N5O6. The lowest BCUT2D eigenvalue weighted by Gasteiger charge is -2.34. The number of amides is 5. The monoisotopic (exact) mass is 709 g/mol. The molecule has 2 aromatic carbocycles. The highest BCUT2D eigenvalue weighted by molar-refractivity contribution is 5.91. The predicted octanol–water partition coefficient (Wildman–Crippen LogP) is 5.80. The lowest BCUT2D eigenvalue weighted by Crippen LogP contribution is -2.60. The number of nitrogens with one attached hydrogen (secondary N) is 4. The molecule has 0 radical (unpaired) electrons. The maximum atomic E-state index is 14.1. The molecule has 0 bridgehead atoms. The van der Waals surface area contributed by atoms with Gasteiger partial charge in [-0.05, 0) is 62.5 Å². The van der Waals surface area contributed by atoms with Crippen LogP contribution in [0.5, 0.6) is 0 Å². The Labute approximate surface area is 305 Å². The normalized spacial score (nSPS) is 15.0. The third-order valence-electron chi connectivity index (χ3n) is 9.02. The van der Waals surface area contributed by atoms with Crippen molar-refractivity contribution in [1.82, 2.24) is 26.2 Å². The molecule has 11 nitrogen and oxygen atoms in total. The molecule has 0 aliphatic rings. The van der Waals surface area contributed by atoms with Gasteiger partial charge in [0.1, 0.15) is 18.7 Å². The SMILES string of the molecule is CC[C@H](C)[C@H](NC(=O)OCc1ccccc1)C(=O)N[C@H](C(=O)N[C@@H](Cc1ccccc1)[C@H](O)CN(CCC(C)C)C(=O)NC(C)(C)C)[C@@H](C)CC. The van der Waals surface area contributed by atoms with Crippen molar-refractivity contribution in [1.29, 1.82) is 0 Å². The molecule has 5 N–H and O–H groups in total. The molecule has 0 saturated carbocycles. The number of aliphatic hydroxyl groups excluding tert-OH is 1. The van der Waals surface area contributed by atoms with Crippen molar-refractivity contribution in [3.8, 4) is 0 Å². The standard InChI is InChI=1S/C40H63N5O6/c1-10-28(5)34(42-37(48)35(29(6)11-2)43-39(50)51-26-31-20-16-13-17-21-31)36(47)41-32(24-30-18-14-12-15-19-30)33(46)25-45(23-22-27(3)4)38(49)44-40(7,8)9/h12-21,27-29,32-35,46H,10-11,22-26H2,1-9H3,(H,41,47)(H,42,48)(H,43,50)(H,44,49)/t28-,29-,32-,33+,34-,35-/m0/s1. The Morgan fingerprint density at radius 3 is 1.78 bits per heavy atom. The maximum Gasteiger partial charge on any atom is 0.408 e. The topological polar surface area (TPSA) is 149 Å². The minimum absolute atomic E-state index is 0.00211. The van der Waals surface area contributed by atoms with Crippen LogP contribution in [0.4, 0.5) is 9.59 Å². The molecule has 11 heteroatoms. The Kier molecular flexibility index (Phi) is 18.0. The van der Waals surface area contributed by atoms with Crippen molar-refractivity contribution < 1.29 is 29.0 Å². The van der Waals surface area contributed by atoms with Gasteiger partial charge in [0.2, 0.25) is 11.8 Å². The van der Waals surface area contributed by atoms with Gasteiger partial charge in [0.05, 0.1) is 18.7 Å². The first-order chi connectivity index (χ1) is 24.0. The number of nitrogens with zero attached hydrogens (tertiary/aromatic N) is 1. The highest BCUT2D eigenvalue weighted by atomic mass is 16.5. The van der Waals surface area contributed by atoms with Crippen LogP contribution in [-0.4, -0.2) is 76.8 Å². The van der Waals surface area contributed by atoms with Crippen LogP contribution >= 0.6 is 0 Å². The van der Waals surface area contributed by atoms with Crippen LogP contribution in [0.25, 0.3) is 0 Å². The van der Waals surface area contributed by atoms with Crippen LogP contribution in [0.3, 0.4) is 0 Å². The van der Waals surface area contributed by atoms with Gasteiger partial charge in [0.25, 0.3) is 0 Å². The van der Waals surface area contributed by atoms with E-state index in [2.05, 4.69) is 35.1 Å². The van der Waals surface area contributed by atoms with Crippen molar-refractivity contribution in [2.24, 2.45) is 17.8 Å². The molecule has 0 unspecified atom stereocenters. The van der Waals surface area contributed by atoms with Gasteiger partial charge in [0, 0.05) is 12.1 Å². The highest BCUT2D eigenvalue weighted by Crippen LogP contribution is 2.16. The van der Waals surface area contributed by atoms with Gasteiger partial charge in [-0.2, -0.15) is 0 Å². The van der Waals surface area contributed by atoms with Crippen LogP contribution < -0.4 is 21.3 Å². The molecule has 6 atom stereocenters. The summed E-state index contributed by atoms with van der Waals surface area (Å²) in [4.78, 5) is 55.6. The van der Waals surface area contributed by atoms with Gasteiger partial charge in [-0.25, -0.2) is 9.59 Å². The van der Waals surface area contributed by atoms with E-state index in [1.807, 2.05) is 109 Å². The number of ether oxygens (including phenoxy) is 1. The summed E-state index contributed by atoms with van der Waals surface area (Å²) in [6.07, 6.45) is 0.381. The van der Waals surface area contributed by atoms with Gasteiger partial charge < -0.3 is 36.0 Å². The van der Waals surface area contributed by atoms with Crippen molar-refractivity contribution in [3.05, 3.63) is 71.8 Å². The lowest BCUT2D eigenvalue weighted by molar-refractivity contribution is -0.132. The van der Waals surface area contributed by atoms with Gasteiger partial charge in [-0.3, -0.25) is 9.59 Å². The quantitative estimate of drug-likeness (QED) is 0.125. The fourth-order valence-electron chi connectivity index (χ4n) is 5.41. The Bertz CT molecular complexity index is 1350. The molecule has 0 heterocycles. The molecule has 0 spiro atoms. The first-order valence-electron chi connectivity index (χ1n) is 18.4. The Balaban J connectivity index is 2.30. The highest BCUT2D eigenvalue weighted by Gasteiger charge is 2.35. The number of alkyl carbamates (subject to hydrolysis) is 1. The summed E-state index contributed by atoms with van der Waals surface area (Å²) in [6.45, 7) is 17.9. The van der Waals surface area contributed by atoms with Crippen LogP contribution in [0.15, 0.2) is 60.7 Å². The number of benzene rings is 2. The number of carbonyl (C=O) groups is 4. The summed E-state index contributed by atoms with van der Waals surface area (Å²) in [7, 11) is 0. The van der Waals surface area contributed by atoms with E-state index in [1.54, 1.807) is 4.90 Å². The van der Waals surface area contributed by atoms with E-state index in [-0.39, 0.29) is 31.0 Å². The van der Waals surface area contributed by atoms with Gasteiger partial charge >= 0.3 is 12.1 Å². The van der Waals surface area contributed by atoms with Crippen molar-refractivity contribution in [2.45, 2.75) is 124 Å². The Morgan fingerprint density at radius 2 is 1.27 bits per heavy atom. The summed E-state index contributed by atoms with van der Waals surface area (Å²) >= 11 is 0. The van der Waals surface area contributed by atoms with E-state index in [0.717, 1.165) is 17.5 Å². The third kappa shape index (κ3) is 15.8. The summed E-state index contributed by atoms with van der Waals surface area (Å²) < 4.78 is 5.40. The minimum Gasteiger partial charge on any atom is -0.445 e. The summed E-state index contributed by atoms with van der Waals surface area (Å²) in [5.74, 6) is -1.14. The predicted molar refractivity (Wildman–Crippen MR) is 202 cm³/mol. The van der Waals surface area contributed by atoms with Crippen LogP contribution in [0.2, 0.25) is 0 Å². The number of hydrogen-bond acceptors (Lipinski definition) is 6. The Hall–Kier alpha value is -4.12. The summed E-state index contributed by atoms with van der Waals surface area (Å²) in [5, 5.41) is 23.3. The minimum atomic E-state index is -1.12. The molecule has 0 aliphatic carbocycles. The van der Waals surface area contributed by atoms with E-state index < -0.39 is 47.7 Å². The van der Waals surface area contributed by atoms with Crippen LogP contribution in [-0.2, 0) is 27.4 Å². The molecule has 5 amide bonds. The zero-order valence-electron chi connectivity index (χ0n) is 32.2. The maximum absolute atomic E-state index is 14.1. The molecule has 0 aliphatic heterocycles. The molecule has 2 aromatic rings. The molecule has 51 heavy (non-hydrogen) atoms. The average molecular weight is 710 g/mol. The smallest absolute Gasteiger partial charge is 0.408 e. The molecular weight excluding hydrogens is 646 g/mol. The van der Waals surface area contributed by atoms with Gasteiger partial charge in [0.15, 0.2) is 0 Å². The van der Waals surface area contributed by atoms with Crippen LogP contribution in [0, 0.1) is 17.8 Å². The third-order valence-corrected chi connectivity index (χ3v) is 9.02. The number of urea groups is 1. The van der Waals surface area contributed by atoms with E-state index in [0.29, 0.717) is 31.7 Å². The van der Waals surface area contributed by atoms with E-state index in [9.17, 15) is 24.3 Å². The molecule has 284 valence electrons. The fraction of sp³-hybridized carbons (Fsp3) is 0.600. The number of aliphatic hydroxyl groups is 1. The van der Waals surface area contributed by atoms with E-state index in [4.69, 9.17) is 4.74 Å². The zero-order valence-corrected chi connectivity index (χ0v) is 32.2. The summed E-state index contributed by atoms with van der Waals surface area (Å²) in [5.41, 5.74) is 1.24. The fourth-order valence-corrected chi connectivity index (χ4v) is 5.41. The largest absolute Gasteiger partial charge is 0.445 e. The number of carbonyl (C=O) groups excluding carboxylic acids is 4. The van der Waals surface area contributed by atoms with Crippen molar-refractivity contribution >= 4 is 23.9 Å². The molecule has 0 aromatic heterocycles. The van der Waals surface area contributed by atoms with E-state index >= 15 is 0 Å². The number of rotatable bonds is 19. The second-order valence-corrected chi connectivity index (χ2v) is 15.1. The first-order valence-corrected chi connectivity index (χ1v) is 18.4. The number of hydrogen-bond donors (Lipinski definition) is 5. The lowest BCUT2D eigenvalue weighted by atomic mass is 9.94. The molecule has 0 saturated heterocycles. The van der Waals surface area contributed by atoms with E-state index in [1.165, 1.54) is 0 Å². The second-order valence-electron chi connectivity index (χ2n) is 15.1. The van der Waals surface area contributed by atoms with Crippen molar-refractivity contribution in [2.75, 3.05) is 13.1 Å². The molecule has 2 rings (SSSR count). The molecule has 0 fully saturated rings. The van der Waals surface area contributed by atoms with Gasteiger partial charge in [-0.15, -0.1) is 0 Å². The van der Waals surface area contributed by atoms with Gasteiger partial charge in [-0.1, -0.05) is 115 Å². The first kappa shape index (κ1) is 43.0. The summed E-state index contributed by atoms with van der Waals surface area (Å²) in [6, 6.07) is 15.8. The second kappa shape index (κ2) is 21.3. The average Bonchev–Trinajstić information content (AvgIpc) is 3.09. The van der Waals surface area contributed by atoms with Crippen molar-refractivity contribution in [3.63, 3.8) is 0 Å². The van der Waals surface area contributed by atoms with Crippen LogP contribution in [0.1, 0.15) is 92.7 Å². The zero-order chi connectivity index (χ0) is 38.1. The Morgan fingerprint density at radius 1 is 0.765 bits per heavy atom.